The summed E-state index contributed by atoms with van der Waals surface area (Å²) in [6, 6.07) is 4.04. The molecule has 7 N–H and O–H groups in total. The number of fused-ring (bicyclic) bond motifs is 3. The fourth-order valence-corrected chi connectivity index (χ4v) is 5.27. The summed E-state index contributed by atoms with van der Waals surface area (Å²) in [6.07, 6.45) is -4.68. The normalized spacial score (nSPS) is 42.2. The van der Waals surface area contributed by atoms with Gasteiger partial charge in [-0.25, -0.2) is 4.79 Å². The monoisotopic (exact) mass is 524 g/mol. The summed E-state index contributed by atoms with van der Waals surface area (Å²) in [6.45, 7) is -1.08. The summed E-state index contributed by atoms with van der Waals surface area (Å²) in [5.41, 5.74) is -0.714. The first-order valence-electron chi connectivity index (χ1n) is 11.7. The topological polar surface area (TPSA) is 208 Å². The van der Waals surface area contributed by atoms with Gasteiger partial charge in [-0.2, -0.15) is 0 Å². The molecule has 0 amide bonds. The maximum absolute atomic E-state index is 12.6. The summed E-state index contributed by atoms with van der Waals surface area (Å²) >= 11 is 0. The summed E-state index contributed by atoms with van der Waals surface area (Å²) in [7, 11) is 0. The Kier molecular flexibility index (Phi) is 6.89. The van der Waals surface area contributed by atoms with Gasteiger partial charge >= 0.3 is 5.97 Å². The van der Waals surface area contributed by atoms with Crippen molar-refractivity contribution in [2.24, 2.45) is 11.8 Å². The molecule has 1 aromatic carbocycles. The third kappa shape index (κ3) is 4.47. The number of ether oxygens (including phenoxy) is 5. The van der Waals surface area contributed by atoms with Crippen LogP contribution in [0.2, 0.25) is 0 Å². The first-order valence-corrected chi connectivity index (χ1v) is 11.7. The van der Waals surface area contributed by atoms with Gasteiger partial charge in [0.15, 0.2) is 17.8 Å². The number of aromatic hydroxyl groups is 2. The molecule has 4 aliphatic rings. The van der Waals surface area contributed by atoms with Crippen LogP contribution in [0.15, 0.2) is 36.6 Å². The number of carbonyl (C=O) groups excluding carboxylic acids is 1. The van der Waals surface area contributed by atoms with Crippen LogP contribution in [0.25, 0.3) is 6.08 Å². The van der Waals surface area contributed by atoms with Crippen molar-refractivity contribution in [3.63, 3.8) is 0 Å². The van der Waals surface area contributed by atoms with Gasteiger partial charge in [0, 0.05) is 12.0 Å². The minimum absolute atomic E-state index is 0.297. The first-order chi connectivity index (χ1) is 17.7. The molecule has 0 aromatic heterocycles. The van der Waals surface area contributed by atoms with Crippen molar-refractivity contribution in [3.8, 4) is 11.5 Å². The summed E-state index contributed by atoms with van der Waals surface area (Å²) in [5.74, 6) is -2.56. The number of hydrogen-bond donors (Lipinski definition) is 7. The highest BCUT2D eigenvalue weighted by atomic mass is 16.8. The van der Waals surface area contributed by atoms with Gasteiger partial charge < -0.3 is 59.4 Å². The van der Waals surface area contributed by atoms with E-state index in [4.69, 9.17) is 23.7 Å². The lowest BCUT2D eigenvalue weighted by atomic mass is 9.85. The molecule has 0 unspecified atom stereocenters. The molecule has 0 spiro atoms. The summed E-state index contributed by atoms with van der Waals surface area (Å²) in [5, 5.41) is 69.0. The average Bonchev–Trinajstić information content (AvgIpc) is 3.57. The molecule has 5 rings (SSSR count). The minimum Gasteiger partial charge on any atom is -0.504 e. The molecule has 3 aliphatic heterocycles. The van der Waals surface area contributed by atoms with Gasteiger partial charge in [-0.05, 0) is 29.8 Å². The average molecular weight is 524 g/mol. The second kappa shape index (κ2) is 9.85. The summed E-state index contributed by atoms with van der Waals surface area (Å²) < 4.78 is 28.2. The maximum Gasteiger partial charge on any atom is 0.331 e. The summed E-state index contributed by atoms with van der Waals surface area (Å²) in [4.78, 5) is 12.6. The number of hydrogen-bond acceptors (Lipinski definition) is 13. The van der Waals surface area contributed by atoms with E-state index in [1.165, 1.54) is 30.5 Å². The van der Waals surface area contributed by atoms with Crippen molar-refractivity contribution in [1.29, 1.82) is 0 Å². The van der Waals surface area contributed by atoms with Gasteiger partial charge in [-0.1, -0.05) is 6.07 Å². The lowest BCUT2D eigenvalue weighted by Crippen LogP contribution is -2.60. The van der Waals surface area contributed by atoms with Crippen molar-refractivity contribution in [1.82, 2.24) is 0 Å². The maximum atomic E-state index is 12.6. The molecule has 1 aromatic rings. The van der Waals surface area contributed by atoms with E-state index in [-0.39, 0.29) is 11.5 Å². The van der Waals surface area contributed by atoms with Crippen molar-refractivity contribution >= 4 is 12.0 Å². The molecule has 3 fully saturated rings. The predicted octanol–water partition coefficient (Wildman–Crippen LogP) is -1.91. The zero-order chi connectivity index (χ0) is 26.5. The first kappa shape index (κ1) is 25.9. The van der Waals surface area contributed by atoms with E-state index < -0.39 is 85.8 Å². The van der Waals surface area contributed by atoms with E-state index in [1.807, 2.05) is 0 Å². The molecule has 1 saturated carbocycles. The highest BCUT2D eigenvalue weighted by Crippen LogP contribution is 2.60. The molecule has 37 heavy (non-hydrogen) atoms. The van der Waals surface area contributed by atoms with Gasteiger partial charge in [-0.15, -0.1) is 0 Å². The second-order valence-corrected chi connectivity index (χ2v) is 9.40. The fraction of sp³-hybridized carbons (Fsp3) is 0.542. The lowest BCUT2D eigenvalue weighted by molar-refractivity contribution is -0.344. The van der Waals surface area contributed by atoms with Crippen LogP contribution < -0.4 is 0 Å². The second-order valence-electron chi connectivity index (χ2n) is 9.40. The van der Waals surface area contributed by atoms with Crippen LogP contribution >= 0.6 is 0 Å². The molecule has 0 radical (unpaired) electrons. The Labute approximate surface area is 210 Å². The molecular weight excluding hydrogens is 496 g/mol. The Balaban J connectivity index is 1.30. The number of benzene rings is 1. The van der Waals surface area contributed by atoms with Gasteiger partial charge in [0.1, 0.15) is 42.2 Å². The molecular formula is C24H28O13. The van der Waals surface area contributed by atoms with Crippen molar-refractivity contribution in [2.75, 3.05) is 13.2 Å². The number of carbonyl (C=O) groups is 1. The molecule has 2 saturated heterocycles. The Hall–Kier alpha value is -2.75. The Morgan fingerprint density at radius 2 is 1.84 bits per heavy atom. The molecule has 13 nitrogen and oxygen atoms in total. The Morgan fingerprint density at radius 1 is 1.05 bits per heavy atom. The predicted molar refractivity (Wildman–Crippen MR) is 119 cm³/mol. The molecule has 0 bridgehead atoms. The van der Waals surface area contributed by atoms with Crippen molar-refractivity contribution in [2.45, 2.75) is 54.8 Å². The highest BCUT2D eigenvalue weighted by molar-refractivity contribution is 5.87. The van der Waals surface area contributed by atoms with Crippen molar-refractivity contribution in [3.05, 3.63) is 42.2 Å². The van der Waals surface area contributed by atoms with Gasteiger partial charge in [0.05, 0.1) is 25.4 Å². The SMILES string of the molecule is O=C(/C=C/c1ccc(O)c(O)c1)O[C@H]1[C@@H]2C=CO[C@@H](O[C@@H]3O[C@H](CO)[C@@H](O)[C@H](O)[C@H]3O)[C@H]2[C@@]2(CO)O[C@@H]12. The van der Waals surface area contributed by atoms with Gasteiger partial charge in [0.2, 0.25) is 6.29 Å². The fourth-order valence-electron chi connectivity index (χ4n) is 5.27. The van der Waals surface area contributed by atoms with E-state index in [2.05, 4.69) is 0 Å². The third-order valence-electron chi connectivity index (χ3n) is 7.26. The number of phenolic OH excluding ortho intramolecular Hbond substituents is 2. The van der Waals surface area contributed by atoms with Crippen LogP contribution in [0.3, 0.4) is 0 Å². The highest BCUT2D eigenvalue weighted by Gasteiger charge is 2.77. The smallest absolute Gasteiger partial charge is 0.331 e. The number of aliphatic hydroxyl groups is 5. The van der Waals surface area contributed by atoms with Crippen LogP contribution in [0.1, 0.15) is 5.56 Å². The van der Waals surface area contributed by atoms with E-state index in [1.54, 1.807) is 6.08 Å². The molecule has 202 valence electrons. The van der Waals surface area contributed by atoms with Gasteiger partial charge in [-0.3, -0.25) is 0 Å². The van der Waals surface area contributed by atoms with Crippen LogP contribution in [0, 0.1) is 11.8 Å². The van der Waals surface area contributed by atoms with Crippen LogP contribution in [0.4, 0.5) is 0 Å². The van der Waals surface area contributed by atoms with Crippen LogP contribution in [-0.4, -0.2) is 110 Å². The molecule has 1 aliphatic carbocycles. The number of phenols is 2. The minimum atomic E-state index is -1.66. The zero-order valence-electron chi connectivity index (χ0n) is 19.3. The number of rotatable bonds is 7. The van der Waals surface area contributed by atoms with E-state index in [0.717, 1.165) is 6.08 Å². The number of epoxide rings is 1. The van der Waals surface area contributed by atoms with Crippen LogP contribution in [-0.2, 0) is 28.5 Å². The van der Waals surface area contributed by atoms with E-state index >= 15 is 0 Å². The largest absolute Gasteiger partial charge is 0.504 e. The molecule has 11 atom stereocenters. The Bertz CT molecular complexity index is 1070. The van der Waals surface area contributed by atoms with Gasteiger partial charge in [0.25, 0.3) is 0 Å². The van der Waals surface area contributed by atoms with E-state index in [0.29, 0.717) is 5.56 Å². The lowest BCUT2D eigenvalue weighted by Gasteiger charge is -2.43. The number of esters is 1. The third-order valence-corrected chi connectivity index (χ3v) is 7.26. The van der Waals surface area contributed by atoms with E-state index in [9.17, 15) is 40.5 Å². The van der Waals surface area contributed by atoms with Crippen LogP contribution in [0.5, 0.6) is 11.5 Å². The zero-order valence-corrected chi connectivity index (χ0v) is 19.3. The quantitative estimate of drug-likeness (QED) is 0.0900. The standard InChI is InChI=1S/C24H28O13/c25-8-14-17(30)18(31)19(32)23(34-14)36-22-16-11(5-6-33-22)20(21-24(16,9-26)37-21)35-15(29)4-2-10-1-3-12(27)13(28)7-10/h1-7,11,14,16-23,25-28,30-32H,8-9H2/b4-2+/t11-,14-,16+,17-,18+,19-,20+,21+,22+,23+,24-/m1/s1. The molecule has 3 heterocycles. The number of aliphatic hydroxyl groups excluding tert-OH is 5. The van der Waals surface area contributed by atoms with Crippen molar-refractivity contribution < 1.29 is 64.2 Å². The Morgan fingerprint density at radius 3 is 2.54 bits per heavy atom. The molecule has 13 heteroatoms.